The number of anilines is 1. The quantitative estimate of drug-likeness (QED) is 0.245. The molecule has 1 unspecified atom stereocenters. The number of carbonyl (C=O) groups is 1. The number of guanidine groups is 1. The predicted molar refractivity (Wildman–Crippen MR) is 114 cm³/mol. The number of ether oxygens (including phenoxy) is 2. The molecule has 2 rings (SSSR count). The Labute approximate surface area is 172 Å². The molecule has 1 aliphatic rings. The summed E-state index contributed by atoms with van der Waals surface area (Å²) in [6.07, 6.45) is 1.35. The predicted octanol–water partition coefficient (Wildman–Crippen LogP) is 1.63. The van der Waals surface area contributed by atoms with Crippen LogP contribution in [0.5, 0.6) is 0 Å². The van der Waals surface area contributed by atoms with Gasteiger partial charge in [0.05, 0.1) is 19.3 Å². The number of hydrogen-bond donors (Lipinski definition) is 2. The van der Waals surface area contributed by atoms with Gasteiger partial charge in [-0.3, -0.25) is 9.79 Å². The van der Waals surface area contributed by atoms with Crippen LogP contribution in [0.4, 0.5) is 5.69 Å². The molecule has 0 spiro atoms. The second-order valence-electron chi connectivity index (χ2n) is 5.84. The zero-order chi connectivity index (χ0) is 17.9. The van der Waals surface area contributed by atoms with Gasteiger partial charge in [-0.2, -0.15) is 0 Å². The molecule has 0 bridgehead atoms. The molecule has 1 heterocycles. The monoisotopic (exact) mass is 476 g/mol. The van der Waals surface area contributed by atoms with Crippen LogP contribution in [0.15, 0.2) is 35.3 Å². The Hall–Kier alpha value is -1.39. The second kappa shape index (κ2) is 12.9. The standard InChI is InChI=1S/C18H28N4O3.HI/c1-19-18(20-9-6-10-25-12-11-24-2)21-15-13-17(23)22(14-15)16-7-4-3-5-8-16;/h3-5,7-8,15H,6,9-14H2,1-2H3,(H2,19,20,21);1H. The number of rotatable bonds is 9. The number of amides is 1. The first kappa shape index (κ1) is 22.7. The van der Waals surface area contributed by atoms with Crippen molar-refractivity contribution in [2.45, 2.75) is 18.9 Å². The van der Waals surface area contributed by atoms with Crippen LogP contribution in [-0.4, -0.2) is 65.0 Å². The molecule has 7 nitrogen and oxygen atoms in total. The van der Waals surface area contributed by atoms with Crippen LogP contribution in [0.3, 0.4) is 0 Å². The van der Waals surface area contributed by atoms with E-state index in [4.69, 9.17) is 9.47 Å². The molecule has 1 fully saturated rings. The van der Waals surface area contributed by atoms with Gasteiger partial charge in [0.25, 0.3) is 0 Å². The molecular weight excluding hydrogens is 447 g/mol. The number of methoxy groups -OCH3 is 1. The first-order valence-corrected chi connectivity index (χ1v) is 8.64. The SMILES string of the molecule is CN=C(NCCCOCCOC)NC1CC(=O)N(c2ccccc2)C1.I. The molecule has 2 N–H and O–H groups in total. The highest BCUT2D eigenvalue weighted by Gasteiger charge is 2.30. The first-order valence-electron chi connectivity index (χ1n) is 8.64. The lowest BCUT2D eigenvalue weighted by Gasteiger charge is -2.19. The minimum atomic E-state index is 0. The fraction of sp³-hybridized carbons (Fsp3) is 0.556. The summed E-state index contributed by atoms with van der Waals surface area (Å²) in [4.78, 5) is 18.3. The topological polar surface area (TPSA) is 75.2 Å². The van der Waals surface area contributed by atoms with Crippen molar-refractivity contribution in [2.24, 2.45) is 4.99 Å². The first-order chi connectivity index (χ1) is 12.2. The largest absolute Gasteiger partial charge is 0.382 e. The molecule has 146 valence electrons. The Morgan fingerprint density at radius 3 is 2.73 bits per heavy atom. The Morgan fingerprint density at radius 2 is 2.04 bits per heavy atom. The fourth-order valence-electron chi connectivity index (χ4n) is 2.68. The number of halogens is 1. The Balaban J connectivity index is 0.00000338. The van der Waals surface area contributed by atoms with Gasteiger partial charge in [-0.05, 0) is 18.6 Å². The van der Waals surface area contributed by atoms with E-state index in [-0.39, 0.29) is 35.9 Å². The van der Waals surface area contributed by atoms with Gasteiger partial charge in [0.15, 0.2) is 5.96 Å². The number of carbonyl (C=O) groups excluding carboxylic acids is 1. The number of hydrogen-bond acceptors (Lipinski definition) is 4. The van der Waals surface area contributed by atoms with Crippen LogP contribution >= 0.6 is 24.0 Å². The fourth-order valence-corrected chi connectivity index (χ4v) is 2.68. The molecular formula is C18H29IN4O3. The molecule has 8 heteroatoms. The summed E-state index contributed by atoms with van der Waals surface area (Å²) in [5.74, 6) is 0.843. The zero-order valence-electron chi connectivity index (χ0n) is 15.4. The van der Waals surface area contributed by atoms with Crippen molar-refractivity contribution in [1.29, 1.82) is 0 Å². The number of nitrogens with zero attached hydrogens (tertiary/aromatic N) is 2. The molecule has 1 aliphatic heterocycles. The summed E-state index contributed by atoms with van der Waals surface area (Å²) in [5, 5.41) is 6.58. The Bertz CT molecular complexity index is 557. The number of benzene rings is 1. The van der Waals surface area contributed by atoms with Gasteiger partial charge in [0.2, 0.25) is 5.91 Å². The summed E-state index contributed by atoms with van der Waals surface area (Å²) >= 11 is 0. The van der Waals surface area contributed by atoms with Crippen molar-refractivity contribution in [3.05, 3.63) is 30.3 Å². The van der Waals surface area contributed by atoms with Crippen LogP contribution in [-0.2, 0) is 14.3 Å². The number of nitrogens with one attached hydrogen (secondary N) is 2. The van der Waals surface area contributed by atoms with E-state index in [1.807, 2.05) is 35.2 Å². The maximum absolute atomic E-state index is 12.2. The molecule has 26 heavy (non-hydrogen) atoms. The van der Waals surface area contributed by atoms with E-state index >= 15 is 0 Å². The minimum Gasteiger partial charge on any atom is -0.382 e. The third kappa shape index (κ3) is 7.46. The van der Waals surface area contributed by atoms with Crippen molar-refractivity contribution in [3.63, 3.8) is 0 Å². The van der Waals surface area contributed by atoms with Crippen molar-refractivity contribution < 1.29 is 14.3 Å². The molecule has 0 saturated carbocycles. The van der Waals surface area contributed by atoms with Crippen molar-refractivity contribution >= 4 is 41.5 Å². The van der Waals surface area contributed by atoms with Gasteiger partial charge in [-0.15, -0.1) is 24.0 Å². The van der Waals surface area contributed by atoms with Gasteiger partial charge in [0, 0.05) is 46.0 Å². The molecule has 1 aromatic carbocycles. The molecule has 0 radical (unpaired) electrons. The smallest absolute Gasteiger partial charge is 0.229 e. The van der Waals surface area contributed by atoms with E-state index in [9.17, 15) is 4.79 Å². The minimum absolute atomic E-state index is 0. The van der Waals surface area contributed by atoms with E-state index in [1.54, 1.807) is 14.2 Å². The molecule has 0 aromatic heterocycles. The van der Waals surface area contributed by atoms with Gasteiger partial charge < -0.3 is 25.0 Å². The van der Waals surface area contributed by atoms with Gasteiger partial charge in [0.1, 0.15) is 0 Å². The van der Waals surface area contributed by atoms with Gasteiger partial charge >= 0.3 is 0 Å². The average molecular weight is 476 g/mol. The van der Waals surface area contributed by atoms with Gasteiger partial charge in [-0.1, -0.05) is 18.2 Å². The molecule has 1 saturated heterocycles. The lowest BCUT2D eigenvalue weighted by Crippen LogP contribution is -2.45. The lowest BCUT2D eigenvalue weighted by atomic mass is 10.2. The average Bonchev–Trinajstić information content (AvgIpc) is 3.01. The zero-order valence-corrected chi connectivity index (χ0v) is 17.8. The normalized spacial score (nSPS) is 17.2. The molecule has 0 aliphatic carbocycles. The lowest BCUT2D eigenvalue weighted by molar-refractivity contribution is -0.117. The van der Waals surface area contributed by atoms with E-state index < -0.39 is 0 Å². The van der Waals surface area contributed by atoms with Crippen LogP contribution in [0.2, 0.25) is 0 Å². The second-order valence-corrected chi connectivity index (χ2v) is 5.84. The summed E-state index contributed by atoms with van der Waals surface area (Å²) in [6, 6.07) is 9.80. The van der Waals surface area contributed by atoms with Gasteiger partial charge in [-0.25, -0.2) is 0 Å². The third-order valence-corrected chi connectivity index (χ3v) is 3.95. The van der Waals surface area contributed by atoms with Crippen LogP contribution in [0, 0.1) is 0 Å². The Kier molecular flexibility index (Phi) is 11.2. The van der Waals surface area contributed by atoms with E-state index in [0.29, 0.717) is 38.7 Å². The van der Waals surface area contributed by atoms with Crippen LogP contribution in [0.25, 0.3) is 0 Å². The maximum atomic E-state index is 12.2. The highest BCUT2D eigenvalue weighted by atomic mass is 127. The highest BCUT2D eigenvalue weighted by molar-refractivity contribution is 14.0. The maximum Gasteiger partial charge on any atom is 0.229 e. The molecule has 1 atom stereocenters. The van der Waals surface area contributed by atoms with Crippen molar-refractivity contribution in [3.8, 4) is 0 Å². The van der Waals surface area contributed by atoms with Crippen LogP contribution < -0.4 is 15.5 Å². The summed E-state index contributed by atoms with van der Waals surface area (Å²) in [7, 11) is 3.39. The third-order valence-electron chi connectivity index (χ3n) is 3.95. The van der Waals surface area contributed by atoms with E-state index in [1.165, 1.54) is 0 Å². The Morgan fingerprint density at radius 1 is 1.27 bits per heavy atom. The molecule has 1 aromatic rings. The van der Waals surface area contributed by atoms with E-state index in [0.717, 1.165) is 18.7 Å². The summed E-state index contributed by atoms with van der Waals surface area (Å²) in [6.45, 7) is 3.31. The molecule has 1 amide bonds. The van der Waals surface area contributed by atoms with Crippen LogP contribution in [0.1, 0.15) is 12.8 Å². The van der Waals surface area contributed by atoms with Crippen molar-refractivity contribution in [2.75, 3.05) is 52.0 Å². The number of aliphatic imine (C=N–C) groups is 1. The highest BCUT2D eigenvalue weighted by Crippen LogP contribution is 2.20. The summed E-state index contributed by atoms with van der Waals surface area (Å²) < 4.78 is 10.3. The number of para-hydroxylation sites is 1. The summed E-state index contributed by atoms with van der Waals surface area (Å²) in [5.41, 5.74) is 0.938. The van der Waals surface area contributed by atoms with Crippen molar-refractivity contribution in [1.82, 2.24) is 10.6 Å². The van der Waals surface area contributed by atoms with E-state index in [2.05, 4.69) is 15.6 Å².